The fourth-order valence-corrected chi connectivity index (χ4v) is 1.71. The molecule has 0 saturated carbocycles. The Morgan fingerprint density at radius 1 is 1.56 bits per heavy atom. The second-order valence-electron chi connectivity index (χ2n) is 2.94. The van der Waals surface area contributed by atoms with E-state index in [1.807, 2.05) is 0 Å². The quantitative estimate of drug-likeness (QED) is 0.760. The Hall–Kier alpha value is -0.710. The van der Waals surface area contributed by atoms with Gasteiger partial charge in [-0.15, -0.1) is 23.2 Å². The number of hydrogen-bond acceptors (Lipinski definition) is 3. The molecule has 0 aliphatic heterocycles. The van der Waals surface area contributed by atoms with Crippen LogP contribution in [0.4, 0.5) is 13.2 Å². The van der Waals surface area contributed by atoms with Crippen molar-refractivity contribution in [2.75, 3.05) is 6.54 Å². The van der Waals surface area contributed by atoms with Gasteiger partial charge in [0.25, 0.3) is 0 Å². The highest BCUT2D eigenvalue weighted by Gasteiger charge is 2.58. The van der Waals surface area contributed by atoms with Crippen molar-refractivity contribution in [1.82, 2.24) is 0 Å². The highest BCUT2D eigenvalue weighted by atomic mass is 35.5. The molecule has 0 spiro atoms. The number of carboxylic acid groups (broad SMARTS) is 1. The highest BCUT2D eigenvalue weighted by molar-refractivity contribution is 6.32. The summed E-state index contributed by atoms with van der Waals surface area (Å²) in [5.41, 5.74) is 4.95. The fraction of sp³-hybridized carbons (Fsp3) is 0.714. The Balaban J connectivity index is 5.44. The maximum absolute atomic E-state index is 12.6. The zero-order valence-electron chi connectivity index (χ0n) is 7.63. The summed E-state index contributed by atoms with van der Waals surface area (Å²) < 4.78 is 37.7. The first kappa shape index (κ1) is 15.3. The maximum atomic E-state index is 12.6. The van der Waals surface area contributed by atoms with Crippen LogP contribution in [-0.2, 0) is 4.79 Å². The van der Waals surface area contributed by atoms with Crippen molar-refractivity contribution in [1.29, 1.82) is 5.26 Å². The molecule has 3 unspecified atom stereocenters. The third kappa shape index (κ3) is 3.14. The molecule has 16 heavy (non-hydrogen) atoms. The Morgan fingerprint density at radius 2 is 2.00 bits per heavy atom. The molecule has 0 aromatic carbocycles. The standard InChI is InChI=1S/C7H7Cl2F3N2O2/c8-3(5(15)16)4(7(10,11)12)6(9,1-13)2-14/h3-4H,1,13H2,(H,15,16). The summed E-state index contributed by atoms with van der Waals surface area (Å²) in [5, 5.41) is 14.6. The molecule has 0 aromatic rings. The van der Waals surface area contributed by atoms with Crippen molar-refractivity contribution < 1.29 is 23.1 Å². The van der Waals surface area contributed by atoms with Crippen LogP contribution in [0.25, 0.3) is 0 Å². The maximum Gasteiger partial charge on any atom is 0.396 e. The van der Waals surface area contributed by atoms with Crippen LogP contribution in [0.3, 0.4) is 0 Å². The van der Waals surface area contributed by atoms with E-state index in [0.29, 0.717) is 0 Å². The molecule has 3 N–H and O–H groups in total. The minimum atomic E-state index is -5.04. The van der Waals surface area contributed by atoms with Crippen molar-refractivity contribution in [3.8, 4) is 6.07 Å². The number of nitrogens with zero attached hydrogens (tertiary/aromatic N) is 1. The smallest absolute Gasteiger partial charge is 0.396 e. The number of aliphatic carboxylic acids is 1. The van der Waals surface area contributed by atoms with Crippen LogP contribution >= 0.6 is 23.2 Å². The van der Waals surface area contributed by atoms with E-state index >= 15 is 0 Å². The van der Waals surface area contributed by atoms with Crippen molar-refractivity contribution in [3.63, 3.8) is 0 Å². The predicted molar refractivity (Wildman–Crippen MR) is 50.1 cm³/mol. The van der Waals surface area contributed by atoms with E-state index in [1.165, 1.54) is 0 Å². The van der Waals surface area contributed by atoms with Gasteiger partial charge in [0, 0.05) is 6.54 Å². The zero-order valence-corrected chi connectivity index (χ0v) is 9.14. The molecular formula is C7H7Cl2F3N2O2. The van der Waals surface area contributed by atoms with E-state index < -0.39 is 34.9 Å². The number of halogens is 5. The number of alkyl halides is 5. The molecule has 0 bridgehead atoms. The SMILES string of the molecule is N#CC(Cl)(CN)C(C(Cl)C(=O)O)C(F)(F)F. The van der Waals surface area contributed by atoms with Gasteiger partial charge in [0.15, 0.2) is 4.87 Å². The zero-order chi connectivity index (χ0) is 13.1. The third-order valence-corrected chi connectivity index (χ3v) is 2.77. The Morgan fingerprint density at radius 3 is 2.19 bits per heavy atom. The van der Waals surface area contributed by atoms with Crippen LogP contribution in [0.1, 0.15) is 0 Å². The Bertz CT molecular complexity index is 318. The highest BCUT2D eigenvalue weighted by Crippen LogP contribution is 2.42. The van der Waals surface area contributed by atoms with Crippen LogP contribution in [-0.4, -0.2) is 34.0 Å². The third-order valence-electron chi connectivity index (χ3n) is 1.86. The second-order valence-corrected chi connectivity index (χ2v) is 4.08. The van der Waals surface area contributed by atoms with Crippen molar-refractivity contribution in [2.45, 2.75) is 16.4 Å². The average molecular weight is 279 g/mol. The second kappa shape index (κ2) is 5.08. The number of carboxylic acids is 1. The summed E-state index contributed by atoms with van der Waals surface area (Å²) in [6.45, 7) is -0.869. The first-order chi connectivity index (χ1) is 7.10. The number of carbonyl (C=O) groups is 1. The minimum Gasteiger partial charge on any atom is -0.480 e. The normalized spacial score (nSPS) is 19.3. The lowest BCUT2D eigenvalue weighted by atomic mass is 9.88. The topological polar surface area (TPSA) is 87.1 Å². The molecule has 0 aliphatic carbocycles. The van der Waals surface area contributed by atoms with Crippen molar-refractivity contribution >= 4 is 29.2 Å². The van der Waals surface area contributed by atoms with E-state index in [-0.39, 0.29) is 0 Å². The summed E-state index contributed by atoms with van der Waals surface area (Å²) in [6, 6.07) is 1.14. The first-order valence-corrected chi connectivity index (χ1v) is 4.65. The van der Waals surface area contributed by atoms with Crippen LogP contribution in [0.2, 0.25) is 0 Å². The van der Waals surface area contributed by atoms with Gasteiger partial charge in [-0.1, -0.05) is 0 Å². The van der Waals surface area contributed by atoms with E-state index in [2.05, 4.69) is 0 Å². The van der Waals surface area contributed by atoms with E-state index in [9.17, 15) is 18.0 Å². The van der Waals surface area contributed by atoms with Gasteiger partial charge >= 0.3 is 12.1 Å². The lowest BCUT2D eigenvalue weighted by molar-refractivity contribution is -0.186. The molecule has 0 amide bonds. The number of hydrogen-bond donors (Lipinski definition) is 2. The summed E-state index contributed by atoms with van der Waals surface area (Å²) >= 11 is 10.4. The summed E-state index contributed by atoms with van der Waals surface area (Å²) in [7, 11) is 0. The van der Waals surface area contributed by atoms with Gasteiger partial charge in [0.1, 0.15) is 11.3 Å². The van der Waals surface area contributed by atoms with Crippen LogP contribution in [0, 0.1) is 17.2 Å². The number of rotatable bonds is 4. The van der Waals surface area contributed by atoms with Crippen LogP contribution in [0.15, 0.2) is 0 Å². The molecule has 0 radical (unpaired) electrons. The molecule has 0 aromatic heterocycles. The van der Waals surface area contributed by atoms with Gasteiger partial charge in [0.05, 0.1) is 6.07 Å². The fourth-order valence-electron chi connectivity index (χ4n) is 1.04. The van der Waals surface area contributed by atoms with Gasteiger partial charge in [-0.25, -0.2) is 0 Å². The Labute approximate surface area is 98.7 Å². The first-order valence-electron chi connectivity index (χ1n) is 3.84. The Kier molecular flexibility index (Phi) is 4.85. The molecular weight excluding hydrogens is 272 g/mol. The van der Waals surface area contributed by atoms with Gasteiger partial charge < -0.3 is 10.8 Å². The summed E-state index contributed by atoms with van der Waals surface area (Å²) in [5.74, 6) is -4.67. The molecule has 4 nitrogen and oxygen atoms in total. The lowest BCUT2D eigenvalue weighted by Crippen LogP contribution is -2.52. The summed E-state index contributed by atoms with van der Waals surface area (Å²) in [4.78, 5) is 7.83. The van der Waals surface area contributed by atoms with Gasteiger partial charge in [-0.05, 0) is 0 Å². The molecule has 92 valence electrons. The van der Waals surface area contributed by atoms with Crippen molar-refractivity contribution in [2.24, 2.45) is 11.7 Å². The van der Waals surface area contributed by atoms with E-state index in [1.54, 1.807) is 0 Å². The average Bonchev–Trinajstić information content (AvgIpc) is 2.15. The molecule has 0 rings (SSSR count). The van der Waals surface area contributed by atoms with E-state index in [4.69, 9.17) is 39.3 Å². The lowest BCUT2D eigenvalue weighted by Gasteiger charge is -2.31. The van der Waals surface area contributed by atoms with Gasteiger partial charge in [0.2, 0.25) is 0 Å². The van der Waals surface area contributed by atoms with Crippen LogP contribution < -0.4 is 5.73 Å². The molecule has 3 atom stereocenters. The number of nitriles is 1. The van der Waals surface area contributed by atoms with Gasteiger partial charge in [-0.2, -0.15) is 18.4 Å². The number of nitrogens with two attached hydrogens (primary N) is 1. The predicted octanol–water partition coefficient (Wildman–Crippen LogP) is 1.32. The molecule has 0 aliphatic rings. The van der Waals surface area contributed by atoms with Crippen LogP contribution in [0.5, 0.6) is 0 Å². The van der Waals surface area contributed by atoms with Gasteiger partial charge in [-0.3, -0.25) is 4.79 Å². The van der Waals surface area contributed by atoms with Crippen molar-refractivity contribution in [3.05, 3.63) is 0 Å². The monoisotopic (exact) mass is 278 g/mol. The largest absolute Gasteiger partial charge is 0.480 e. The molecule has 0 fully saturated rings. The molecule has 9 heteroatoms. The molecule has 0 heterocycles. The minimum absolute atomic E-state index is 0.869. The summed E-state index contributed by atoms with van der Waals surface area (Å²) in [6.07, 6.45) is -5.04. The van der Waals surface area contributed by atoms with E-state index in [0.717, 1.165) is 6.07 Å². The molecule has 0 saturated heterocycles.